The molecular formula is C31H37N3O4. The number of carbonyl (C=O) groups excluding carboxylic acids is 2. The summed E-state index contributed by atoms with van der Waals surface area (Å²) in [6.07, 6.45) is 5.88. The molecule has 0 fully saturated rings. The minimum absolute atomic E-state index is 0.134. The van der Waals surface area contributed by atoms with Crippen LogP contribution in [-0.2, 0) is 11.2 Å². The number of hydrogen-bond donors (Lipinski definition) is 3. The van der Waals surface area contributed by atoms with E-state index in [1.165, 1.54) is 19.3 Å². The van der Waals surface area contributed by atoms with E-state index in [4.69, 9.17) is 0 Å². The molecule has 0 spiro atoms. The van der Waals surface area contributed by atoms with Crippen molar-refractivity contribution in [1.29, 1.82) is 0 Å². The molecule has 0 aromatic heterocycles. The summed E-state index contributed by atoms with van der Waals surface area (Å²) in [5, 5.41) is 15.2. The van der Waals surface area contributed by atoms with Crippen molar-refractivity contribution in [2.24, 2.45) is 0 Å². The van der Waals surface area contributed by atoms with Gasteiger partial charge in [0.25, 0.3) is 5.91 Å². The second-order valence-electron chi connectivity index (χ2n) is 9.39. The fourth-order valence-electron chi connectivity index (χ4n) is 4.15. The zero-order chi connectivity index (χ0) is 27.3. The van der Waals surface area contributed by atoms with E-state index < -0.39 is 17.9 Å². The molecule has 3 aromatic rings. The maximum atomic E-state index is 12.6. The number of nitrogens with one attached hydrogen (secondary N) is 2. The number of anilines is 1. The van der Waals surface area contributed by atoms with Gasteiger partial charge in [0, 0.05) is 31.3 Å². The molecular weight excluding hydrogens is 478 g/mol. The Morgan fingerprint density at radius 1 is 0.842 bits per heavy atom. The van der Waals surface area contributed by atoms with Crippen LogP contribution in [0.3, 0.4) is 0 Å². The number of unbranched alkanes of at least 4 members (excludes halogenated alkanes) is 4. The molecule has 0 saturated heterocycles. The van der Waals surface area contributed by atoms with Crippen LogP contribution in [0.5, 0.6) is 0 Å². The Bertz CT molecular complexity index is 1200. The highest BCUT2D eigenvalue weighted by Crippen LogP contribution is 2.25. The van der Waals surface area contributed by atoms with Gasteiger partial charge < -0.3 is 15.7 Å². The Kier molecular flexibility index (Phi) is 10.9. The first kappa shape index (κ1) is 28.4. The third kappa shape index (κ3) is 8.47. The van der Waals surface area contributed by atoms with Gasteiger partial charge >= 0.3 is 12.0 Å². The molecule has 1 unspecified atom stereocenters. The van der Waals surface area contributed by atoms with Gasteiger partial charge in [-0.15, -0.1) is 0 Å². The Balaban J connectivity index is 1.60. The van der Waals surface area contributed by atoms with Crippen molar-refractivity contribution in [2.45, 2.75) is 51.5 Å². The van der Waals surface area contributed by atoms with Crippen LogP contribution in [0.15, 0.2) is 78.9 Å². The maximum Gasteiger partial charge on any atom is 0.326 e. The lowest BCUT2D eigenvalue weighted by molar-refractivity contribution is -0.139. The van der Waals surface area contributed by atoms with E-state index in [2.05, 4.69) is 17.6 Å². The van der Waals surface area contributed by atoms with E-state index in [9.17, 15) is 19.5 Å². The molecule has 3 rings (SSSR count). The highest BCUT2D eigenvalue weighted by molar-refractivity contribution is 5.96. The number of rotatable bonds is 13. The highest BCUT2D eigenvalue weighted by Gasteiger charge is 2.21. The Hall–Kier alpha value is -4.13. The Morgan fingerprint density at radius 3 is 2.24 bits per heavy atom. The first-order chi connectivity index (χ1) is 18.4. The molecule has 0 heterocycles. The summed E-state index contributed by atoms with van der Waals surface area (Å²) in [7, 11) is 1.75. The molecule has 0 bridgehead atoms. The standard InChI is InChI=1S/C31H37N3O4/c1-3-4-5-6-10-20-32-31(38)34(2)27-15-11-14-26(22-27)24-18-16-23(17-19-24)21-28(30(36)37)33-29(35)25-12-8-7-9-13-25/h7-9,11-19,22,28H,3-6,10,20-21H2,1-2H3,(H,32,38)(H,33,35)(H,36,37). The molecule has 0 aliphatic heterocycles. The first-order valence-electron chi connectivity index (χ1n) is 13.2. The minimum atomic E-state index is -1.09. The molecule has 7 heteroatoms. The van der Waals surface area contributed by atoms with Crippen molar-refractivity contribution in [3.8, 4) is 11.1 Å². The lowest BCUT2D eigenvalue weighted by Gasteiger charge is -2.19. The SMILES string of the molecule is CCCCCCCNC(=O)N(C)c1cccc(-c2ccc(CC(NC(=O)c3ccccc3)C(=O)O)cc2)c1. The number of nitrogens with zero attached hydrogens (tertiary/aromatic N) is 1. The summed E-state index contributed by atoms with van der Waals surface area (Å²) in [5.41, 5.74) is 3.88. The van der Waals surface area contributed by atoms with Gasteiger partial charge in [0.15, 0.2) is 0 Å². The molecule has 38 heavy (non-hydrogen) atoms. The Morgan fingerprint density at radius 2 is 1.55 bits per heavy atom. The average Bonchev–Trinajstić information content (AvgIpc) is 2.94. The smallest absolute Gasteiger partial charge is 0.326 e. The third-order valence-corrected chi connectivity index (χ3v) is 6.46. The number of carboxylic acids is 1. The monoisotopic (exact) mass is 515 g/mol. The van der Waals surface area contributed by atoms with Gasteiger partial charge in [-0.05, 0) is 47.4 Å². The van der Waals surface area contributed by atoms with Crippen LogP contribution in [-0.4, -0.2) is 42.6 Å². The largest absolute Gasteiger partial charge is 0.480 e. The van der Waals surface area contributed by atoms with E-state index >= 15 is 0 Å². The zero-order valence-electron chi connectivity index (χ0n) is 22.2. The quantitative estimate of drug-likeness (QED) is 0.247. The normalized spacial score (nSPS) is 11.4. The third-order valence-electron chi connectivity index (χ3n) is 6.46. The molecule has 3 amide bonds. The van der Waals surface area contributed by atoms with Gasteiger partial charge in [-0.25, -0.2) is 9.59 Å². The predicted molar refractivity (Wildman–Crippen MR) is 151 cm³/mol. The Labute approximate surface area is 224 Å². The van der Waals surface area contributed by atoms with Crippen LogP contribution in [0.25, 0.3) is 11.1 Å². The van der Waals surface area contributed by atoms with Crippen molar-refractivity contribution in [2.75, 3.05) is 18.5 Å². The number of carbonyl (C=O) groups is 3. The van der Waals surface area contributed by atoms with E-state index in [1.807, 2.05) is 48.5 Å². The molecule has 0 aliphatic carbocycles. The summed E-state index contributed by atoms with van der Waals surface area (Å²) < 4.78 is 0. The predicted octanol–water partition coefficient (Wildman–Crippen LogP) is 5.90. The van der Waals surface area contributed by atoms with Crippen molar-refractivity contribution < 1.29 is 19.5 Å². The van der Waals surface area contributed by atoms with Gasteiger partial charge in [0.05, 0.1) is 0 Å². The van der Waals surface area contributed by atoms with Crippen LogP contribution in [0, 0.1) is 0 Å². The van der Waals surface area contributed by atoms with Crippen LogP contribution in [0.4, 0.5) is 10.5 Å². The topological polar surface area (TPSA) is 98.7 Å². The minimum Gasteiger partial charge on any atom is -0.480 e. The number of carboxylic acid groups (broad SMARTS) is 1. The van der Waals surface area contributed by atoms with Crippen molar-refractivity contribution in [1.82, 2.24) is 10.6 Å². The fraction of sp³-hybridized carbons (Fsp3) is 0.323. The molecule has 7 nitrogen and oxygen atoms in total. The zero-order valence-corrected chi connectivity index (χ0v) is 22.2. The number of urea groups is 1. The molecule has 0 radical (unpaired) electrons. The van der Waals surface area contributed by atoms with Gasteiger partial charge in [0.1, 0.15) is 6.04 Å². The van der Waals surface area contributed by atoms with Crippen molar-refractivity contribution in [3.05, 3.63) is 90.0 Å². The van der Waals surface area contributed by atoms with Gasteiger partial charge in [-0.2, -0.15) is 0 Å². The number of amides is 3. The summed E-state index contributed by atoms with van der Waals surface area (Å²) in [5.74, 6) is -1.51. The molecule has 3 N–H and O–H groups in total. The second-order valence-corrected chi connectivity index (χ2v) is 9.39. The van der Waals surface area contributed by atoms with Crippen molar-refractivity contribution in [3.63, 3.8) is 0 Å². The van der Waals surface area contributed by atoms with E-state index in [1.54, 1.807) is 42.3 Å². The van der Waals surface area contributed by atoms with Crippen LogP contribution in [0.1, 0.15) is 54.9 Å². The molecule has 0 saturated carbocycles. The van der Waals surface area contributed by atoms with Crippen LogP contribution in [0.2, 0.25) is 0 Å². The fourth-order valence-corrected chi connectivity index (χ4v) is 4.15. The van der Waals surface area contributed by atoms with Crippen LogP contribution >= 0.6 is 0 Å². The van der Waals surface area contributed by atoms with E-state index in [0.29, 0.717) is 12.1 Å². The van der Waals surface area contributed by atoms with Gasteiger partial charge in [0.2, 0.25) is 0 Å². The summed E-state index contributed by atoms with van der Waals surface area (Å²) in [6.45, 7) is 2.85. The average molecular weight is 516 g/mol. The van der Waals surface area contributed by atoms with Gasteiger partial charge in [-0.3, -0.25) is 9.69 Å². The maximum absolute atomic E-state index is 12.6. The molecule has 0 aliphatic rings. The molecule has 200 valence electrons. The summed E-state index contributed by atoms with van der Waals surface area (Å²) in [4.78, 5) is 38.4. The van der Waals surface area contributed by atoms with Crippen LogP contribution < -0.4 is 15.5 Å². The lowest BCUT2D eigenvalue weighted by Crippen LogP contribution is -2.42. The van der Waals surface area contributed by atoms with Gasteiger partial charge in [-0.1, -0.05) is 87.2 Å². The summed E-state index contributed by atoms with van der Waals surface area (Å²) >= 11 is 0. The highest BCUT2D eigenvalue weighted by atomic mass is 16.4. The second kappa shape index (κ2) is 14.6. The van der Waals surface area contributed by atoms with E-state index in [-0.39, 0.29) is 12.5 Å². The first-order valence-corrected chi connectivity index (χ1v) is 13.2. The lowest BCUT2D eigenvalue weighted by atomic mass is 10.00. The molecule has 1 atom stereocenters. The number of hydrogen-bond acceptors (Lipinski definition) is 3. The number of aliphatic carboxylic acids is 1. The summed E-state index contributed by atoms with van der Waals surface area (Å²) in [6, 6.07) is 22.7. The number of benzene rings is 3. The van der Waals surface area contributed by atoms with Crippen molar-refractivity contribution >= 4 is 23.6 Å². The molecule has 3 aromatic carbocycles. The van der Waals surface area contributed by atoms with E-state index in [0.717, 1.165) is 35.2 Å².